The number of methoxy groups -OCH3 is 1. The van der Waals surface area contributed by atoms with Crippen LogP contribution in [0.5, 0.6) is 16.7 Å². The summed E-state index contributed by atoms with van der Waals surface area (Å²) in [7, 11) is 1.59. The molecule has 0 radical (unpaired) electrons. The molecular formula is C10H8Br2N2O3S. The Labute approximate surface area is 124 Å². The lowest BCUT2D eigenvalue weighted by Gasteiger charge is -2.08. The number of ether oxygens (including phenoxy) is 2. The molecule has 0 saturated carbocycles. The molecule has 96 valence electrons. The molecule has 1 aromatic heterocycles. The molecule has 1 heterocycles. The van der Waals surface area contributed by atoms with Gasteiger partial charge in [0.25, 0.3) is 5.19 Å². The lowest BCUT2D eigenvalue weighted by molar-refractivity contribution is 0.280. The van der Waals surface area contributed by atoms with Crippen LogP contribution < -0.4 is 9.47 Å². The summed E-state index contributed by atoms with van der Waals surface area (Å²) in [5, 5.41) is 17.4. The Bertz CT molecular complexity index is 562. The Balaban J connectivity index is 2.26. The van der Waals surface area contributed by atoms with Crippen LogP contribution in [0, 0.1) is 0 Å². The maximum Gasteiger partial charge on any atom is 0.299 e. The molecule has 1 aromatic carbocycles. The standard InChI is InChI=1S/C10H8Br2N2O3S/c1-16-7-2-6(12)8(3-5(7)11)17-10-14-13-9(4-15)18-10/h2-3,15H,4H2,1H3. The first kappa shape index (κ1) is 13.7. The minimum Gasteiger partial charge on any atom is -0.496 e. The molecule has 0 aliphatic carbocycles. The third kappa shape index (κ3) is 3.00. The van der Waals surface area contributed by atoms with Crippen molar-refractivity contribution < 1.29 is 14.6 Å². The molecule has 18 heavy (non-hydrogen) atoms. The van der Waals surface area contributed by atoms with Gasteiger partial charge in [-0.15, -0.1) is 5.10 Å². The lowest BCUT2D eigenvalue weighted by atomic mass is 10.3. The fourth-order valence-corrected chi connectivity index (χ4v) is 2.63. The molecule has 2 rings (SSSR count). The third-order valence-corrected chi connectivity index (χ3v) is 4.01. The first-order valence-corrected chi connectivity index (χ1v) is 7.18. The second-order valence-electron chi connectivity index (χ2n) is 3.14. The quantitative estimate of drug-likeness (QED) is 0.859. The number of hydrogen-bond acceptors (Lipinski definition) is 6. The summed E-state index contributed by atoms with van der Waals surface area (Å²) >= 11 is 7.95. The molecule has 0 spiro atoms. The molecule has 0 bridgehead atoms. The summed E-state index contributed by atoms with van der Waals surface area (Å²) < 4.78 is 12.2. The average Bonchev–Trinajstić information content (AvgIpc) is 2.81. The minimum absolute atomic E-state index is 0.144. The Kier molecular flexibility index (Phi) is 4.55. The van der Waals surface area contributed by atoms with Crippen molar-refractivity contribution in [1.82, 2.24) is 10.2 Å². The molecule has 0 unspecified atom stereocenters. The van der Waals surface area contributed by atoms with E-state index in [1.807, 2.05) is 0 Å². The van der Waals surface area contributed by atoms with Crippen LogP contribution in [0.4, 0.5) is 0 Å². The molecular weight excluding hydrogens is 388 g/mol. The number of aromatic nitrogens is 2. The zero-order valence-corrected chi connectivity index (χ0v) is 13.2. The van der Waals surface area contributed by atoms with Gasteiger partial charge in [0.15, 0.2) is 0 Å². The summed E-state index contributed by atoms with van der Waals surface area (Å²) in [5.41, 5.74) is 0. The highest BCUT2D eigenvalue weighted by Crippen LogP contribution is 2.38. The average molecular weight is 396 g/mol. The molecule has 0 saturated heterocycles. The summed E-state index contributed by atoms with van der Waals surface area (Å²) in [6.07, 6.45) is 0. The largest absolute Gasteiger partial charge is 0.496 e. The van der Waals surface area contributed by atoms with Crippen molar-refractivity contribution in [2.75, 3.05) is 7.11 Å². The fourth-order valence-electron chi connectivity index (χ4n) is 1.18. The molecule has 5 nitrogen and oxygen atoms in total. The van der Waals surface area contributed by atoms with E-state index in [-0.39, 0.29) is 6.61 Å². The first-order chi connectivity index (χ1) is 8.63. The Morgan fingerprint density at radius 1 is 1.22 bits per heavy atom. The van der Waals surface area contributed by atoms with Gasteiger partial charge in [-0.25, -0.2) is 0 Å². The van der Waals surface area contributed by atoms with Crippen LogP contribution in [0.25, 0.3) is 0 Å². The van der Waals surface area contributed by atoms with E-state index in [0.29, 0.717) is 21.7 Å². The van der Waals surface area contributed by atoms with Gasteiger partial charge in [0.1, 0.15) is 16.5 Å². The number of aliphatic hydroxyl groups excluding tert-OH is 1. The third-order valence-electron chi connectivity index (χ3n) is 1.99. The van der Waals surface area contributed by atoms with Crippen LogP contribution in [0.2, 0.25) is 0 Å². The number of benzene rings is 1. The molecule has 2 aromatic rings. The van der Waals surface area contributed by atoms with Gasteiger partial charge < -0.3 is 14.6 Å². The van der Waals surface area contributed by atoms with Crippen molar-refractivity contribution >= 4 is 43.2 Å². The van der Waals surface area contributed by atoms with Gasteiger partial charge in [0, 0.05) is 6.07 Å². The van der Waals surface area contributed by atoms with Crippen LogP contribution >= 0.6 is 43.2 Å². The van der Waals surface area contributed by atoms with Crippen molar-refractivity contribution in [1.29, 1.82) is 0 Å². The first-order valence-electron chi connectivity index (χ1n) is 4.78. The van der Waals surface area contributed by atoms with Crippen molar-refractivity contribution in [2.45, 2.75) is 6.61 Å². The molecule has 0 fully saturated rings. The predicted octanol–water partition coefficient (Wildman–Crippen LogP) is 3.36. The van der Waals surface area contributed by atoms with Gasteiger partial charge in [0.2, 0.25) is 0 Å². The number of hydrogen-bond donors (Lipinski definition) is 1. The van der Waals surface area contributed by atoms with Gasteiger partial charge in [0.05, 0.1) is 22.7 Å². The lowest BCUT2D eigenvalue weighted by Crippen LogP contribution is -1.89. The topological polar surface area (TPSA) is 64.5 Å². The summed E-state index contributed by atoms with van der Waals surface area (Å²) in [5.74, 6) is 1.28. The van der Waals surface area contributed by atoms with Crippen LogP contribution in [0.15, 0.2) is 21.1 Å². The Morgan fingerprint density at radius 2 is 1.89 bits per heavy atom. The fraction of sp³-hybridized carbons (Fsp3) is 0.200. The van der Waals surface area contributed by atoms with Crippen molar-refractivity contribution in [3.63, 3.8) is 0 Å². The molecule has 8 heteroatoms. The SMILES string of the molecule is COc1cc(Br)c(Oc2nnc(CO)s2)cc1Br. The zero-order chi connectivity index (χ0) is 13.1. The smallest absolute Gasteiger partial charge is 0.299 e. The molecule has 0 amide bonds. The van der Waals surface area contributed by atoms with E-state index in [9.17, 15) is 0 Å². The van der Waals surface area contributed by atoms with E-state index < -0.39 is 0 Å². The number of rotatable bonds is 4. The molecule has 0 atom stereocenters. The molecule has 1 N–H and O–H groups in total. The van der Waals surface area contributed by atoms with Crippen LogP contribution in [-0.2, 0) is 6.61 Å². The highest BCUT2D eigenvalue weighted by molar-refractivity contribution is 9.11. The number of halogens is 2. The second kappa shape index (κ2) is 5.96. The summed E-state index contributed by atoms with van der Waals surface area (Å²) in [6.45, 7) is -0.144. The number of aliphatic hydroxyl groups is 1. The highest BCUT2D eigenvalue weighted by atomic mass is 79.9. The van der Waals surface area contributed by atoms with Gasteiger partial charge in [-0.3, -0.25) is 0 Å². The maximum absolute atomic E-state index is 8.90. The second-order valence-corrected chi connectivity index (χ2v) is 5.87. The van der Waals surface area contributed by atoms with Crippen molar-refractivity contribution in [3.05, 3.63) is 26.1 Å². The van der Waals surface area contributed by atoms with E-state index in [1.54, 1.807) is 19.2 Å². The van der Waals surface area contributed by atoms with E-state index in [4.69, 9.17) is 14.6 Å². The van der Waals surface area contributed by atoms with Gasteiger partial charge in [-0.2, -0.15) is 0 Å². The van der Waals surface area contributed by atoms with Gasteiger partial charge >= 0.3 is 0 Å². The maximum atomic E-state index is 8.90. The van der Waals surface area contributed by atoms with Gasteiger partial charge in [-0.1, -0.05) is 16.4 Å². The Hall–Kier alpha value is -0.700. The summed E-state index contributed by atoms with van der Waals surface area (Å²) in [6, 6.07) is 3.55. The van der Waals surface area contributed by atoms with Crippen LogP contribution in [0.3, 0.4) is 0 Å². The van der Waals surface area contributed by atoms with E-state index in [1.165, 1.54) is 11.3 Å². The van der Waals surface area contributed by atoms with Crippen molar-refractivity contribution in [3.8, 4) is 16.7 Å². The number of nitrogens with zero attached hydrogens (tertiary/aromatic N) is 2. The zero-order valence-electron chi connectivity index (χ0n) is 9.18. The predicted molar refractivity (Wildman–Crippen MR) is 74.3 cm³/mol. The monoisotopic (exact) mass is 394 g/mol. The minimum atomic E-state index is -0.144. The van der Waals surface area contributed by atoms with E-state index in [0.717, 1.165) is 8.95 Å². The summed E-state index contributed by atoms with van der Waals surface area (Å²) in [4.78, 5) is 0. The normalized spacial score (nSPS) is 10.4. The van der Waals surface area contributed by atoms with E-state index in [2.05, 4.69) is 42.1 Å². The molecule has 0 aliphatic rings. The van der Waals surface area contributed by atoms with E-state index >= 15 is 0 Å². The van der Waals surface area contributed by atoms with Crippen LogP contribution in [0.1, 0.15) is 5.01 Å². The Morgan fingerprint density at radius 3 is 2.50 bits per heavy atom. The van der Waals surface area contributed by atoms with Crippen LogP contribution in [-0.4, -0.2) is 22.4 Å². The van der Waals surface area contributed by atoms with Gasteiger partial charge in [-0.05, 0) is 37.9 Å². The molecule has 0 aliphatic heterocycles. The highest BCUT2D eigenvalue weighted by Gasteiger charge is 2.11. The van der Waals surface area contributed by atoms with Crippen molar-refractivity contribution in [2.24, 2.45) is 0 Å².